The summed E-state index contributed by atoms with van der Waals surface area (Å²) < 4.78 is 27.9. The molecule has 0 aliphatic carbocycles. The van der Waals surface area contributed by atoms with E-state index in [1.54, 1.807) is 19.1 Å². The second-order valence-corrected chi connectivity index (χ2v) is 11.6. The minimum Gasteiger partial charge on any atom is -0.350 e. The molecule has 2 heterocycles. The molecule has 1 saturated heterocycles. The zero-order valence-corrected chi connectivity index (χ0v) is 20.7. The summed E-state index contributed by atoms with van der Waals surface area (Å²) in [5, 5.41) is 4.82. The van der Waals surface area contributed by atoms with Crippen LogP contribution in [0.2, 0.25) is 0 Å². The minimum absolute atomic E-state index is 0.102. The molecule has 0 spiro atoms. The lowest BCUT2D eigenvalue weighted by atomic mass is 9.95. The van der Waals surface area contributed by atoms with E-state index in [4.69, 9.17) is 0 Å². The molecule has 1 atom stereocenters. The van der Waals surface area contributed by atoms with Crippen LogP contribution < -0.4 is 5.32 Å². The van der Waals surface area contributed by atoms with Gasteiger partial charge >= 0.3 is 0 Å². The molecule has 0 radical (unpaired) electrons. The van der Waals surface area contributed by atoms with Crippen molar-refractivity contribution in [1.82, 2.24) is 14.5 Å². The minimum atomic E-state index is -3.96. The maximum Gasteiger partial charge on any atom is 0.247 e. The molecule has 1 aliphatic rings. The van der Waals surface area contributed by atoms with E-state index in [0.29, 0.717) is 0 Å². The fourth-order valence-electron chi connectivity index (χ4n) is 4.01. The first kappa shape index (κ1) is 24.1. The van der Waals surface area contributed by atoms with Crippen molar-refractivity contribution in [2.24, 2.45) is 0 Å². The lowest BCUT2D eigenvalue weighted by molar-refractivity contribution is -0.153. The summed E-state index contributed by atoms with van der Waals surface area (Å²) in [6.45, 7) is 3.57. The highest BCUT2D eigenvalue weighted by atomic mass is 32.2. The summed E-state index contributed by atoms with van der Waals surface area (Å²) in [4.78, 5) is 29.3. The van der Waals surface area contributed by atoms with Crippen molar-refractivity contribution in [1.29, 1.82) is 0 Å². The summed E-state index contributed by atoms with van der Waals surface area (Å²) in [6.07, 6.45) is 0. The third kappa shape index (κ3) is 4.91. The molecule has 2 amide bonds. The first-order valence-electron chi connectivity index (χ1n) is 10.9. The van der Waals surface area contributed by atoms with Gasteiger partial charge in [-0.1, -0.05) is 54.1 Å². The zero-order valence-electron chi connectivity index (χ0n) is 19.1. The van der Waals surface area contributed by atoms with E-state index in [9.17, 15) is 18.0 Å². The number of nitrogens with zero attached hydrogens (tertiary/aromatic N) is 2. The van der Waals surface area contributed by atoms with Gasteiger partial charge in [0.05, 0.1) is 18.0 Å². The fourth-order valence-corrected chi connectivity index (χ4v) is 6.18. The standard InChI is InChI=1S/C25H27N3O4S2/c1-19-10-12-22(13-11-19)34(31,32)27-17-23(29)28(16-21-9-6-14-33-21)25(2,18-27)24(30)26-15-20-7-4-3-5-8-20/h3-14H,15-18H2,1-2H3,(H,26,30)/t25-/m1/s1. The van der Waals surface area contributed by atoms with Crippen LogP contribution >= 0.6 is 11.3 Å². The van der Waals surface area contributed by atoms with Crippen LogP contribution in [0.3, 0.4) is 0 Å². The fraction of sp³-hybridized carbons (Fsp3) is 0.280. The van der Waals surface area contributed by atoms with Crippen LogP contribution in [0.5, 0.6) is 0 Å². The van der Waals surface area contributed by atoms with Gasteiger partial charge in [-0.25, -0.2) is 8.42 Å². The van der Waals surface area contributed by atoms with Gasteiger partial charge in [-0.3, -0.25) is 9.59 Å². The highest BCUT2D eigenvalue weighted by Crippen LogP contribution is 2.30. The topological polar surface area (TPSA) is 86.8 Å². The van der Waals surface area contributed by atoms with Crippen molar-refractivity contribution < 1.29 is 18.0 Å². The van der Waals surface area contributed by atoms with E-state index in [1.807, 2.05) is 54.8 Å². The Morgan fingerprint density at radius 2 is 1.76 bits per heavy atom. The quantitative estimate of drug-likeness (QED) is 0.543. The van der Waals surface area contributed by atoms with Crippen molar-refractivity contribution in [3.8, 4) is 0 Å². The van der Waals surface area contributed by atoms with Gasteiger partial charge in [0.2, 0.25) is 21.8 Å². The number of benzene rings is 2. The molecule has 0 saturated carbocycles. The summed E-state index contributed by atoms with van der Waals surface area (Å²) >= 11 is 1.49. The Bertz CT molecular complexity index is 1260. The summed E-state index contributed by atoms with van der Waals surface area (Å²) in [5.74, 6) is -0.808. The van der Waals surface area contributed by atoms with Crippen molar-refractivity contribution in [3.05, 3.63) is 88.1 Å². The Morgan fingerprint density at radius 3 is 2.41 bits per heavy atom. The number of hydrogen-bond donors (Lipinski definition) is 1. The Balaban J connectivity index is 1.64. The van der Waals surface area contributed by atoms with Gasteiger partial charge in [0, 0.05) is 18.0 Å². The average molecular weight is 498 g/mol. The van der Waals surface area contributed by atoms with Gasteiger partial charge < -0.3 is 10.2 Å². The number of thiophene rings is 1. The number of rotatable bonds is 7. The van der Waals surface area contributed by atoms with Gasteiger partial charge in [-0.15, -0.1) is 11.3 Å². The zero-order chi connectivity index (χ0) is 24.3. The molecule has 1 aliphatic heterocycles. The number of carbonyl (C=O) groups excluding carboxylic acids is 2. The van der Waals surface area contributed by atoms with E-state index in [-0.39, 0.29) is 31.1 Å². The van der Waals surface area contributed by atoms with Gasteiger partial charge in [-0.2, -0.15) is 4.31 Å². The van der Waals surface area contributed by atoms with Gasteiger partial charge in [0.25, 0.3) is 0 Å². The lowest BCUT2D eigenvalue weighted by Gasteiger charge is -2.46. The summed E-state index contributed by atoms with van der Waals surface area (Å²) in [5.41, 5.74) is 0.461. The molecule has 4 rings (SSSR count). The number of piperazine rings is 1. The molecule has 2 aromatic carbocycles. The van der Waals surface area contributed by atoms with Crippen molar-refractivity contribution >= 4 is 33.2 Å². The number of nitrogens with one attached hydrogen (secondary N) is 1. The Hall–Kier alpha value is -3.01. The first-order valence-corrected chi connectivity index (χ1v) is 13.2. The van der Waals surface area contributed by atoms with Crippen LogP contribution in [0.4, 0.5) is 0 Å². The molecule has 34 heavy (non-hydrogen) atoms. The van der Waals surface area contributed by atoms with E-state index in [1.165, 1.54) is 28.4 Å². The van der Waals surface area contributed by atoms with Crippen LogP contribution in [-0.2, 0) is 32.7 Å². The van der Waals surface area contributed by atoms with Gasteiger partial charge in [-0.05, 0) is 43.0 Å². The predicted octanol–water partition coefficient (Wildman–Crippen LogP) is 3.16. The normalized spacial score (nSPS) is 19.2. The molecule has 178 valence electrons. The van der Waals surface area contributed by atoms with Crippen LogP contribution in [0.15, 0.2) is 77.0 Å². The summed E-state index contributed by atoms with van der Waals surface area (Å²) in [6, 6.07) is 19.7. The SMILES string of the molecule is Cc1ccc(S(=O)(=O)N2CC(=O)N(Cc3cccs3)[C@@](C)(C(=O)NCc3ccccc3)C2)cc1. The first-order chi connectivity index (χ1) is 16.2. The van der Waals surface area contributed by atoms with E-state index in [0.717, 1.165) is 20.3 Å². The molecule has 7 nitrogen and oxygen atoms in total. The molecule has 3 aromatic rings. The number of sulfonamides is 1. The molecule has 0 unspecified atom stereocenters. The van der Waals surface area contributed by atoms with Gasteiger partial charge in [0.1, 0.15) is 5.54 Å². The molecular formula is C25H27N3O4S2. The third-order valence-electron chi connectivity index (χ3n) is 6.03. The molecule has 1 fully saturated rings. The predicted molar refractivity (Wildman–Crippen MR) is 132 cm³/mol. The highest BCUT2D eigenvalue weighted by molar-refractivity contribution is 7.89. The monoisotopic (exact) mass is 497 g/mol. The summed E-state index contributed by atoms with van der Waals surface area (Å²) in [7, 11) is -3.96. The molecule has 1 N–H and O–H groups in total. The highest BCUT2D eigenvalue weighted by Gasteiger charge is 2.50. The maximum absolute atomic E-state index is 13.5. The number of hydrogen-bond acceptors (Lipinski definition) is 5. The average Bonchev–Trinajstić information content (AvgIpc) is 3.34. The maximum atomic E-state index is 13.5. The molecule has 9 heteroatoms. The second-order valence-electron chi connectivity index (χ2n) is 8.59. The second kappa shape index (κ2) is 9.69. The van der Waals surface area contributed by atoms with Gasteiger partial charge in [0.15, 0.2) is 0 Å². The Labute approximate surface area is 204 Å². The molecular weight excluding hydrogens is 470 g/mol. The Kier molecular flexibility index (Phi) is 6.88. The molecule has 0 bridgehead atoms. The number of aryl methyl sites for hydroxylation is 1. The van der Waals surface area contributed by atoms with E-state index < -0.39 is 27.4 Å². The van der Waals surface area contributed by atoms with Crippen LogP contribution in [-0.4, -0.2) is 48.1 Å². The largest absolute Gasteiger partial charge is 0.350 e. The van der Waals surface area contributed by atoms with Crippen LogP contribution in [0.1, 0.15) is 22.9 Å². The van der Waals surface area contributed by atoms with E-state index >= 15 is 0 Å². The smallest absolute Gasteiger partial charge is 0.247 e. The van der Waals surface area contributed by atoms with Crippen LogP contribution in [0, 0.1) is 6.92 Å². The number of amides is 2. The van der Waals surface area contributed by atoms with Crippen LogP contribution in [0.25, 0.3) is 0 Å². The Morgan fingerprint density at radius 1 is 1.06 bits per heavy atom. The lowest BCUT2D eigenvalue weighted by Crippen LogP contribution is -2.69. The van der Waals surface area contributed by atoms with Crippen molar-refractivity contribution in [3.63, 3.8) is 0 Å². The van der Waals surface area contributed by atoms with Crippen molar-refractivity contribution in [2.45, 2.75) is 37.4 Å². The third-order valence-corrected chi connectivity index (χ3v) is 8.70. The van der Waals surface area contributed by atoms with E-state index in [2.05, 4.69) is 5.32 Å². The molecule has 1 aromatic heterocycles. The number of carbonyl (C=O) groups is 2. The van der Waals surface area contributed by atoms with Crippen molar-refractivity contribution in [2.75, 3.05) is 13.1 Å².